The Morgan fingerprint density at radius 3 is 2.25 bits per heavy atom. The summed E-state index contributed by atoms with van der Waals surface area (Å²) in [5.74, 6) is 0.143. The molecule has 2 aromatic rings. The van der Waals surface area contributed by atoms with Crippen molar-refractivity contribution >= 4 is 17.2 Å². The van der Waals surface area contributed by atoms with Crippen molar-refractivity contribution in [2.24, 2.45) is 5.10 Å². The fraction of sp³-hybridized carbons (Fsp3) is 0. The number of hydrogen-bond donors (Lipinski definition) is 2. The van der Waals surface area contributed by atoms with Gasteiger partial charge in [0.15, 0.2) is 5.69 Å². The van der Waals surface area contributed by atoms with Crippen molar-refractivity contribution < 1.29 is 17.5 Å². The number of benzene rings is 2. The summed E-state index contributed by atoms with van der Waals surface area (Å²) in [6.07, 6.45) is 0. The van der Waals surface area contributed by atoms with E-state index < -0.39 is 0 Å². The van der Waals surface area contributed by atoms with Gasteiger partial charge >= 0.3 is 0 Å². The van der Waals surface area contributed by atoms with Gasteiger partial charge in [-0.1, -0.05) is 22.4 Å². The Balaban J connectivity index is 0.00000208. The van der Waals surface area contributed by atoms with Gasteiger partial charge < -0.3 is 12.4 Å². The summed E-state index contributed by atoms with van der Waals surface area (Å²) in [6.45, 7) is 0. The molecule has 116 valence electrons. The van der Waals surface area contributed by atoms with Crippen LogP contribution in [0, 0.1) is 34.0 Å². The van der Waals surface area contributed by atoms with Crippen LogP contribution in [0.3, 0.4) is 0 Å². The van der Waals surface area contributed by atoms with Crippen LogP contribution in [0.15, 0.2) is 53.6 Å². The Morgan fingerprint density at radius 2 is 1.58 bits per heavy atom. The van der Waals surface area contributed by atoms with Crippen LogP contribution in [-0.2, 0) is 0 Å². The lowest BCUT2D eigenvalue weighted by Gasteiger charge is -2.21. The quantitative estimate of drug-likeness (QED) is 0.644. The Kier molecular flexibility index (Phi) is 4.99. The van der Waals surface area contributed by atoms with Gasteiger partial charge in [0.1, 0.15) is 11.8 Å². The lowest BCUT2D eigenvalue weighted by molar-refractivity contribution is -0.846. The number of amidine groups is 1. The third-order valence-electron chi connectivity index (χ3n) is 3.24. The maximum absolute atomic E-state index is 9.11. The molecule has 0 radical (unpaired) electrons. The van der Waals surface area contributed by atoms with E-state index in [1.165, 1.54) is 0 Å². The minimum absolute atomic E-state index is 0. The number of nitriles is 3. The standard InChI is InChI=1S/C16H9N7.ClH/c17-9-12-3-1-5-14(7-12)22-20-16(11-19)21-23(22)15-6-2-4-13(8-15)10-18;/h1-8H,(H,20,21);1H. The van der Waals surface area contributed by atoms with Crippen LogP contribution in [0.5, 0.6) is 0 Å². The Bertz CT molecular complexity index is 917. The fourth-order valence-corrected chi connectivity index (χ4v) is 2.21. The number of rotatable bonds is 2. The minimum Gasteiger partial charge on any atom is -1.00 e. The van der Waals surface area contributed by atoms with Crippen molar-refractivity contribution in [3.63, 3.8) is 0 Å². The molecule has 0 aliphatic carbocycles. The molecule has 0 fully saturated rings. The molecular formula is C16H10ClN7. The fourth-order valence-electron chi connectivity index (χ4n) is 2.21. The van der Waals surface area contributed by atoms with Crippen molar-refractivity contribution in [2.75, 3.05) is 5.12 Å². The van der Waals surface area contributed by atoms with E-state index in [0.29, 0.717) is 27.6 Å². The highest BCUT2D eigenvalue weighted by molar-refractivity contribution is 5.97. The third-order valence-corrected chi connectivity index (χ3v) is 3.24. The zero-order chi connectivity index (χ0) is 16.2. The van der Waals surface area contributed by atoms with Gasteiger partial charge in [0, 0.05) is 12.1 Å². The maximum atomic E-state index is 9.11. The zero-order valence-electron chi connectivity index (χ0n) is 12.2. The first-order chi connectivity index (χ1) is 11.2. The van der Waals surface area contributed by atoms with E-state index in [1.807, 2.05) is 12.1 Å². The molecule has 0 saturated heterocycles. The molecule has 1 aliphatic rings. The summed E-state index contributed by atoms with van der Waals surface area (Å²) in [4.78, 5) is 0. The molecule has 3 rings (SSSR count). The second kappa shape index (κ2) is 7.13. The first-order valence-corrected chi connectivity index (χ1v) is 6.68. The molecule has 0 amide bonds. The maximum Gasteiger partial charge on any atom is 0.286 e. The monoisotopic (exact) mass is 335 g/mol. The molecule has 0 aromatic heterocycles. The van der Waals surface area contributed by atoms with E-state index in [1.54, 1.807) is 47.6 Å². The Morgan fingerprint density at radius 1 is 0.917 bits per heavy atom. The van der Waals surface area contributed by atoms with Crippen molar-refractivity contribution in [1.29, 1.82) is 15.8 Å². The first-order valence-electron chi connectivity index (χ1n) is 6.68. The predicted octanol–water partition coefficient (Wildman–Crippen LogP) is -2.27. The van der Waals surface area contributed by atoms with Crippen LogP contribution in [0.4, 0.5) is 11.4 Å². The molecule has 1 aliphatic heterocycles. The average Bonchev–Trinajstić information content (AvgIpc) is 3.06. The lowest BCUT2D eigenvalue weighted by atomic mass is 10.2. The summed E-state index contributed by atoms with van der Waals surface area (Å²) >= 11 is 0. The molecule has 24 heavy (non-hydrogen) atoms. The molecule has 1 unspecified atom stereocenters. The number of quaternary nitrogens is 1. The molecule has 1 atom stereocenters. The highest BCUT2D eigenvalue weighted by Gasteiger charge is 2.31. The van der Waals surface area contributed by atoms with E-state index in [9.17, 15) is 0 Å². The lowest BCUT2D eigenvalue weighted by Crippen LogP contribution is -3.10. The summed E-state index contributed by atoms with van der Waals surface area (Å²) in [5.41, 5.74) is 5.26. The van der Waals surface area contributed by atoms with Crippen molar-refractivity contribution in [2.45, 2.75) is 0 Å². The zero-order valence-corrected chi connectivity index (χ0v) is 13.0. The van der Waals surface area contributed by atoms with Gasteiger partial charge in [0.05, 0.1) is 23.3 Å². The van der Waals surface area contributed by atoms with Crippen LogP contribution in [0.2, 0.25) is 0 Å². The van der Waals surface area contributed by atoms with Crippen molar-refractivity contribution in [1.82, 2.24) is 5.43 Å². The largest absolute Gasteiger partial charge is 1.00 e. The van der Waals surface area contributed by atoms with E-state index >= 15 is 0 Å². The van der Waals surface area contributed by atoms with Crippen LogP contribution in [-0.4, -0.2) is 5.84 Å². The molecule has 2 aromatic carbocycles. The third kappa shape index (κ3) is 3.11. The van der Waals surface area contributed by atoms with Crippen LogP contribution in [0.1, 0.15) is 11.1 Å². The summed E-state index contributed by atoms with van der Waals surface area (Å²) < 4.78 is 0. The molecule has 2 N–H and O–H groups in total. The van der Waals surface area contributed by atoms with Gasteiger partial charge in [0.2, 0.25) is 0 Å². The molecular weight excluding hydrogens is 326 g/mol. The van der Waals surface area contributed by atoms with E-state index in [2.05, 4.69) is 22.7 Å². The predicted molar refractivity (Wildman–Crippen MR) is 81.6 cm³/mol. The normalized spacial score (nSPS) is 15.1. The highest BCUT2D eigenvalue weighted by Crippen LogP contribution is 2.15. The highest BCUT2D eigenvalue weighted by atomic mass is 35.5. The molecule has 1 heterocycles. The van der Waals surface area contributed by atoms with Gasteiger partial charge in [-0.15, -0.1) is 0 Å². The second-order valence-electron chi connectivity index (χ2n) is 4.70. The summed E-state index contributed by atoms with van der Waals surface area (Å²) in [5, 5.41) is 33.6. The average molecular weight is 336 g/mol. The van der Waals surface area contributed by atoms with Crippen molar-refractivity contribution in [3.05, 3.63) is 59.7 Å². The summed E-state index contributed by atoms with van der Waals surface area (Å²) in [6, 6.07) is 20.0. The topological polar surface area (TPSA) is 103 Å². The van der Waals surface area contributed by atoms with Gasteiger partial charge in [-0.3, -0.25) is 0 Å². The molecule has 7 nitrogen and oxygen atoms in total. The summed E-state index contributed by atoms with van der Waals surface area (Å²) in [7, 11) is 0. The smallest absolute Gasteiger partial charge is 0.286 e. The molecule has 8 heteroatoms. The number of anilines is 1. The molecule has 0 spiro atoms. The second-order valence-corrected chi connectivity index (χ2v) is 4.70. The van der Waals surface area contributed by atoms with Gasteiger partial charge in [-0.05, 0) is 29.4 Å². The van der Waals surface area contributed by atoms with Gasteiger partial charge in [-0.2, -0.15) is 15.8 Å². The number of hydrogen-bond acceptors (Lipinski definition) is 6. The van der Waals surface area contributed by atoms with Crippen molar-refractivity contribution in [3.8, 4) is 18.2 Å². The minimum atomic E-state index is 0. The Hall–Kier alpha value is -3.57. The number of hydrazine groups is 1. The van der Waals surface area contributed by atoms with E-state index in [0.717, 1.165) is 0 Å². The number of halogens is 1. The Labute approximate surface area is 144 Å². The SMILES string of the molecule is N#CC1=N[NH+](c2cccc(C#N)c2)N(c2cccc(C#N)c2)N1.[Cl-]. The molecule has 0 bridgehead atoms. The first kappa shape index (κ1) is 16.8. The number of nitrogens with zero attached hydrogens (tertiary/aromatic N) is 5. The van der Waals surface area contributed by atoms with Crippen LogP contribution in [0.25, 0.3) is 0 Å². The molecule has 0 saturated carbocycles. The van der Waals surface area contributed by atoms with Gasteiger partial charge in [-0.25, -0.2) is 5.43 Å². The van der Waals surface area contributed by atoms with Crippen LogP contribution >= 0.6 is 0 Å². The van der Waals surface area contributed by atoms with E-state index in [4.69, 9.17) is 15.8 Å². The van der Waals surface area contributed by atoms with Gasteiger partial charge in [0.25, 0.3) is 5.84 Å². The number of nitrogens with one attached hydrogen (secondary N) is 2. The van der Waals surface area contributed by atoms with E-state index in [-0.39, 0.29) is 18.2 Å². The van der Waals surface area contributed by atoms with Crippen LogP contribution < -0.4 is 28.1 Å².